The van der Waals surface area contributed by atoms with Gasteiger partial charge in [-0.25, -0.2) is 0 Å². The average Bonchev–Trinajstić information content (AvgIpc) is 2.77. The molecule has 4 aliphatic rings. The van der Waals surface area contributed by atoms with Crippen LogP contribution in [-0.4, -0.2) is 27.4 Å². The van der Waals surface area contributed by atoms with E-state index in [2.05, 4.69) is 83.6 Å². The first-order chi connectivity index (χ1) is 15.2. The summed E-state index contributed by atoms with van der Waals surface area (Å²) >= 11 is 9.98. The number of carbonyl (C=O) groups excluding carboxylic acids is 1. The van der Waals surface area contributed by atoms with Crippen LogP contribution >= 0.6 is 86.9 Å². The van der Waals surface area contributed by atoms with Crippen LogP contribution in [0.15, 0.2) is 24.3 Å². The van der Waals surface area contributed by atoms with Gasteiger partial charge in [0.25, 0.3) is 0 Å². The van der Waals surface area contributed by atoms with Gasteiger partial charge in [-0.05, 0) is 55.5 Å². The minimum atomic E-state index is -2.29. The molecule has 0 aromatic rings. The molecule has 0 spiro atoms. The van der Waals surface area contributed by atoms with Crippen LogP contribution in [0.5, 0.6) is 0 Å². The maximum absolute atomic E-state index is 11.5. The van der Waals surface area contributed by atoms with Crippen LogP contribution in [0.25, 0.3) is 0 Å². The number of hydrogen-bond acceptors (Lipinski definition) is 1. The number of rotatable bonds is 4. The normalized spacial score (nSPS) is 27.5. The number of halogens is 4. The van der Waals surface area contributed by atoms with Crippen LogP contribution in [0.3, 0.4) is 0 Å². The molecule has 7 heteroatoms. The number of carbonyl (C=O) groups is 1. The van der Waals surface area contributed by atoms with Gasteiger partial charge in [0, 0.05) is 0 Å². The molecule has 0 aromatic carbocycles. The summed E-state index contributed by atoms with van der Waals surface area (Å²) in [5.41, 5.74) is 3.57. The molecule has 3 fully saturated rings. The third-order valence-electron chi connectivity index (χ3n) is 7.31. The molecule has 186 valence electrons. The molecule has 1 atom stereocenters. The molecule has 1 nitrogen and oxygen atoms in total. The van der Waals surface area contributed by atoms with Gasteiger partial charge in [0.1, 0.15) is 0 Å². The molecular formula is C25H39I4OPRu. The predicted molar refractivity (Wildman–Crippen MR) is 176 cm³/mol. The van der Waals surface area contributed by atoms with Crippen LogP contribution in [-0.2, 0) is 3.89 Å². The summed E-state index contributed by atoms with van der Waals surface area (Å²) in [6, 6.07) is 0. The van der Waals surface area contributed by atoms with Gasteiger partial charge in [0.05, 0.1) is 0 Å². The van der Waals surface area contributed by atoms with Crippen molar-refractivity contribution < 1.29 is 3.89 Å². The molecule has 0 aromatic heterocycles. The topological polar surface area (TPSA) is 17.1 Å². The van der Waals surface area contributed by atoms with Crippen LogP contribution in [0.4, 0.5) is 0 Å². The first-order valence-corrected chi connectivity index (χ1v) is 35.6. The zero-order valence-corrected chi connectivity index (χ0v) is 30.3. The van der Waals surface area contributed by atoms with Crippen molar-refractivity contribution >= 4 is 97.3 Å². The van der Waals surface area contributed by atoms with E-state index >= 15 is 0 Å². The van der Waals surface area contributed by atoms with E-state index in [4.69, 9.17) is 0 Å². The molecule has 0 aliphatic heterocycles. The molecule has 0 heterocycles. The Morgan fingerprint density at radius 3 is 1.44 bits per heavy atom. The summed E-state index contributed by atoms with van der Waals surface area (Å²) < 4.78 is -0.0679. The first kappa shape index (κ1) is 29.5. The van der Waals surface area contributed by atoms with E-state index in [0.29, 0.717) is 7.92 Å². The van der Waals surface area contributed by atoms with Crippen LogP contribution in [0, 0.1) is 5.92 Å². The van der Waals surface area contributed by atoms with Crippen LogP contribution in [0.1, 0.15) is 96.3 Å². The first-order valence-electron chi connectivity index (χ1n) is 12.4. The SMILES string of the molecule is C1CCC(P(C2CCCCC2)C2CCCCC2)CC1.O=C1C=CC=CC1[CH]=[Ru]([I])([I])([I])[I]. The molecule has 0 bridgehead atoms. The maximum atomic E-state index is 11.5. The molecule has 0 amide bonds. The molecular weight excluding hydrogens is 956 g/mol. The summed E-state index contributed by atoms with van der Waals surface area (Å²) in [5.74, 6) is 0.203. The minimum absolute atomic E-state index is 0.00196. The Morgan fingerprint density at radius 2 is 1.09 bits per heavy atom. The molecule has 4 rings (SSSR count). The average molecular weight is 995 g/mol. The summed E-state index contributed by atoms with van der Waals surface area (Å²) in [4.78, 5) is 11.5. The fourth-order valence-electron chi connectivity index (χ4n) is 5.86. The standard InChI is InChI=1S/C18H33P.C7H6O.4HI.Ru/c1-4-10-16(11-5-1)19(17-12-6-2-7-13-17)18-14-8-3-9-15-18;1-6-4-2-3-5-7(6)8;;;;;/h16-18H,1-15H2;1-6H;4*1H;/q;;;;;;+4/p-4. The molecule has 32 heavy (non-hydrogen) atoms. The van der Waals surface area contributed by atoms with Gasteiger partial charge in [-0.2, -0.15) is 0 Å². The van der Waals surface area contributed by atoms with Gasteiger partial charge in [-0.1, -0.05) is 65.7 Å². The summed E-state index contributed by atoms with van der Waals surface area (Å²) in [6.07, 6.45) is 31.0. The van der Waals surface area contributed by atoms with Gasteiger partial charge in [0.15, 0.2) is 0 Å². The quantitative estimate of drug-likeness (QED) is 0.156. The second kappa shape index (κ2) is 14.2. The fourth-order valence-corrected chi connectivity index (χ4v) is 18.4. The van der Waals surface area contributed by atoms with E-state index in [1.165, 1.54) is 36.2 Å². The Hall–Kier alpha value is 2.99. The van der Waals surface area contributed by atoms with E-state index in [1.54, 1.807) is 89.2 Å². The summed E-state index contributed by atoms with van der Waals surface area (Å²) in [5, 5.41) is 0. The Labute approximate surface area is 241 Å². The van der Waals surface area contributed by atoms with Gasteiger partial charge in [-0.15, -0.1) is 0 Å². The van der Waals surface area contributed by atoms with Gasteiger partial charge in [0.2, 0.25) is 0 Å². The van der Waals surface area contributed by atoms with Crippen molar-refractivity contribution in [1.29, 1.82) is 0 Å². The third kappa shape index (κ3) is 10.8. The second-order valence-corrected chi connectivity index (χ2v) is 106. The Balaban J connectivity index is 0.000000195. The van der Waals surface area contributed by atoms with Crippen molar-refractivity contribution in [2.75, 3.05) is 0 Å². The number of allylic oxidation sites excluding steroid dienone is 4. The molecule has 0 radical (unpaired) electrons. The summed E-state index contributed by atoms with van der Waals surface area (Å²) in [7, 11) is 0.385. The van der Waals surface area contributed by atoms with E-state index in [0.717, 1.165) is 0 Å². The molecule has 4 aliphatic carbocycles. The third-order valence-corrected chi connectivity index (χ3v) is 18.9. The van der Waals surface area contributed by atoms with Crippen molar-refractivity contribution in [3.63, 3.8) is 0 Å². The molecule has 0 saturated heterocycles. The second-order valence-electron chi connectivity index (χ2n) is 9.72. The molecule has 3 saturated carbocycles. The van der Waals surface area contributed by atoms with Crippen molar-refractivity contribution in [1.82, 2.24) is 0 Å². The summed E-state index contributed by atoms with van der Waals surface area (Å²) in [6.45, 7) is 0. The van der Waals surface area contributed by atoms with Gasteiger partial charge >= 0.3 is 124 Å². The van der Waals surface area contributed by atoms with Crippen molar-refractivity contribution in [2.24, 2.45) is 5.92 Å². The predicted octanol–water partition coefficient (Wildman–Crippen LogP) is 10.7. The zero-order valence-electron chi connectivity index (χ0n) is 19.0. The van der Waals surface area contributed by atoms with Crippen LogP contribution in [0.2, 0.25) is 0 Å². The zero-order chi connectivity index (χ0) is 23.1. The van der Waals surface area contributed by atoms with Crippen molar-refractivity contribution in [3.8, 4) is 0 Å². The molecule has 0 N–H and O–H groups in total. The van der Waals surface area contributed by atoms with Gasteiger partial charge < -0.3 is 0 Å². The van der Waals surface area contributed by atoms with E-state index < -0.39 is -0.908 Å². The Bertz CT molecular complexity index is 675. The molecule has 1 unspecified atom stereocenters. The monoisotopic (exact) mass is 996 g/mol. The van der Waals surface area contributed by atoms with E-state index in [-0.39, 0.29) is 11.7 Å². The van der Waals surface area contributed by atoms with Crippen LogP contribution < -0.4 is 0 Å². The van der Waals surface area contributed by atoms with Crippen molar-refractivity contribution in [2.45, 2.75) is 113 Å². The number of hydrogen-bond donors (Lipinski definition) is 0. The van der Waals surface area contributed by atoms with E-state index in [1.807, 2.05) is 12.2 Å². The van der Waals surface area contributed by atoms with Gasteiger partial charge in [-0.3, -0.25) is 0 Å². The van der Waals surface area contributed by atoms with E-state index in [9.17, 15) is 4.79 Å². The van der Waals surface area contributed by atoms with Crippen molar-refractivity contribution in [3.05, 3.63) is 24.3 Å². The Morgan fingerprint density at radius 1 is 0.688 bits per heavy atom. The Kier molecular flexibility index (Phi) is 13.1. The fraction of sp³-hybridized carbons (Fsp3) is 0.760. The number of ketones is 1.